The van der Waals surface area contributed by atoms with Crippen molar-refractivity contribution in [2.45, 2.75) is 18.6 Å². The summed E-state index contributed by atoms with van der Waals surface area (Å²) in [5.41, 5.74) is 1.83. The smallest absolute Gasteiger partial charge is 0.233 e. The molecule has 1 saturated heterocycles. The van der Waals surface area contributed by atoms with Crippen molar-refractivity contribution in [3.05, 3.63) is 29.8 Å². The molecule has 0 aromatic heterocycles. The minimum Gasteiger partial charge on any atom is -0.354 e. The van der Waals surface area contributed by atoms with E-state index in [1.807, 2.05) is 31.2 Å². The molecule has 0 radical (unpaired) electrons. The first-order valence-electron chi connectivity index (χ1n) is 5.91. The van der Waals surface area contributed by atoms with Gasteiger partial charge in [-0.2, -0.15) is 0 Å². The number of rotatable bonds is 3. The lowest BCUT2D eigenvalue weighted by Crippen LogP contribution is -2.40. The Morgan fingerprint density at radius 2 is 2.28 bits per heavy atom. The van der Waals surface area contributed by atoms with Crippen molar-refractivity contribution in [1.29, 1.82) is 0 Å². The summed E-state index contributed by atoms with van der Waals surface area (Å²) in [6.07, 6.45) is 0.227. The first kappa shape index (κ1) is 13.0. The van der Waals surface area contributed by atoms with Crippen LogP contribution in [0.5, 0.6) is 0 Å². The molecule has 1 aliphatic heterocycles. The standard InChI is InChI=1S/C13H16N2O2S/c1-9-4-2-3-5-10(9)15-12(16)8-11-13(17)14-6-7-18-11/h2-5,11H,6-8H2,1H3,(H,14,17)(H,15,16)/t11-/m1/s1. The van der Waals surface area contributed by atoms with E-state index in [1.54, 1.807) is 11.8 Å². The third-order valence-electron chi connectivity index (χ3n) is 2.80. The third kappa shape index (κ3) is 3.26. The molecule has 5 heteroatoms. The molecule has 0 spiro atoms. The van der Waals surface area contributed by atoms with Gasteiger partial charge < -0.3 is 10.6 Å². The summed E-state index contributed by atoms with van der Waals surface area (Å²) in [7, 11) is 0. The van der Waals surface area contributed by atoms with Gasteiger partial charge in [-0.05, 0) is 18.6 Å². The summed E-state index contributed by atoms with van der Waals surface area (Å²) in [6, 6.07) is 7.61. The molecule has 0 unspecified atom stereocenters. The first-order chi connectivity index (χ1) is 8.66. The van der Waals surface area contributed by atoms with Crippen molar-refractivity contribution in [2.24, 2.45) is 0 Å². The van der Waals surface area contributed by atoms with Crippen molar-refractivity contribution < 1.29 is 9.59 Å². The number of hydrogen-bond acceptors (Lipinski definition) is 3. The maximum Gasteiger partial charge on any atom is 0.233 e. The number of nitrogens with one attached hydrogen (secondary N) is 2. The van der Waals surface area contributed by atoms with Gasteiger partial charge in [-0.1, -0.05) is 18.2 Å². The summed E-state index contributed by atoms with van der Waals surface area (Å²) in [4.78, 5) is 23.4. The predicted octanol–water partition coefficient (Wildman–Crippen LogP) is 1.56. The zero-order valence-corrected chi connectivity index (χ0v) is 11.0. The fraction of sp³-hybridized carbons (Fsp3) is 0.385. The lowest BCUT2D eigenvalue weighted by molar-refractivity contribution is -0.123. The van der Waals surface area contributed by atoms with Gasteiger partial charge in [0.2, 0.25) is 11.8 Å². The van der Waals surface area contributed by atoms with E-state index in [2.05, 4.69) is 10.6 Å². The van der Waals surface area contributed by atoms with Crippen LogP contribution in [-0.2, 0) is 9.59 Å². The van der Waals surface area contributed by atoms with Gasteiger partial charge in [0.1, 0.15) is 0 Å². The minimum absolute atomic E-state index is 0.0359. The second kappa shape index (κ2) is 5.91. The molecule has 1 fully saturated rings. The van der Waals surface area contributed by atoms with Crippen LogP contribution in [0.15, 0.2) is 24.3 Å². The molecule has 2 rings (SSSR count). The Morgan fingerprint density at radius 3 is 3.00 bits per heavy atom. The average Bonchev–Trinajstić information content (AvgIpc) is 2.35. The van der Waals surface area contributed by atoms with E-state index in [1.165, 1.54) is 0 Å². The van der Waals surface area contributed by atoms with E-state index < -0.39 is 0 Å². The van der Waals surface area contributed by atoms with Crippen LogP contribution in [0.4, 0.5) is 5.69 Å². The molecule has 0 saturated carbocycles. The Hall–Kier alpha value is -1.49. The number of benzene rings is 1. The lowest BCUT2D eigenvalue weighted by atomic mass is 10.2. The third-order valence-corrected chi connectivity index (χ3v) is 4.03. The normalized spacial score (nSPS) is 19.2. The van der Waals surface area contributed by atoms with E-state index >= 15 is 0 Å². The maximum absolute atomic E-state index is 11.9. The molecule has 1 aliphatic rings. The molecule has 1 aromatic carbocycles. The molecule has 18 heavy (non-hydrogen) atoms. The number of anilines is 1. The van der Waals surface area contributed by atoms with Crippen LogP contribution in [-0.4, -0.2) is 29.4 Å². The zero-order chi connectivity index (χ0) is 13.0. The molecule has 2 amide bonds. The second-order valence-electron chi connectivity index (χ2n) is 4.22. The van der Waals surface area contributed by atoms with E-state index in [-0.39, 0.29) is 23.5 Å². The number of hydrogen-bond donors (Lipinski definition) is 2. The van der Waals surface area contributed by atoms with Gasteiger partial charge in [0.05, 0.1) is 5.25 Å². The molecular formula is C13H16N2O2S. The van der Waals surface area contributed by atoms with E-state index in [0.717, 1.165) is 17.0 Å². The SMILES string of the molecule is Cc1ccccc1NC(=O)C[C@H]1SCCNC1=O. The Morgan fingerprint density at radius 1 is 1.50 bits per heavy atom. The highest BCUT2D eigenvalue weighted by Gasteiger charge is 2.25. The van der Waals surface area contributed by atoms with Crippen molar-refractivity contribution in [1.82, 2.24) is 5.32 Å². The summed E-state index contributed by atoms with van der Waals surface area (Å²) in [6.45, 7) is 2.64. The van der Waals surface area contributed by atoms with E-state index in [4.69, 9.17) is 0 Å². The highest BCUT2D eigenvalue weighted by Crippen LogP contribution is 2.19. The van der Waals surface area contributed by atoms with Crippen LogP contribution in [0.1, 0.15) is 12.0 Å². The highest BCUT2D eigenvalue weighted by atomic mass is 32.2. The Labute approximate surface area is 111 Å². The number of carbonyl (C=O) groups excluding carboxylic acids is 2. The summed E-state index contributed by atoms with van der Waals surface area (Å²) >= 11 is 1.54. The minimum atomic E-state index is -0.261. The van der Waals surface area contributed by atoms with Crippen LogP contribution in [0, 0.1) is 6.92 Å². The fourth-order valence-corrected chi connectivity index (χ4v) is 2.81. The molecule has 4 nitrogen and oxygen atoms in total. The quantitative estimate of drug-likeness (QED) is 0.871. The fourth-order valence-electron chi connectivity index (χ4n) is 1.80. The van der Waals surface area contributed by atoms with Gasteiger partial charge in [-0.25, -0.2) is 0 Å². The molecule has 96 valence electrons. The molecule has 1 heterocycles. The molecule has 2 N–H and O–H groups in total. The molecule has 0 aliphatic carbocycles. The van der Waals surface area contributed by atoms with Gasteiger partial charge in [0.15, 0.2) is 0 Å². The van der Waals surface area contributed by atoms with Crippen molar-refractivity contribution >= 4 is 29.3 Å². The second-order valence-corrected chi connectivity index (χ2v) is 5.53. The van der Waals surface area contributed by atoms with E-state index in [9.17, 15) is 9.59 Å². The number of amides is 2. The van der Waals surface area contributed by atoms with Crippen molar-refractivity contribution in [3.63, 3.8) is 0 Å². The zero-order valence-electron chi connectivity index (χ0n) is 10.2. The van der Waals surface area contributed by atoms with Crippen molar-refractivity contribution in [3.8, 4) is 0 Å². The number of carbonyl (C=O) groups is 2. The highest BCUT2D eigenvalue weighted by molar-refractivity contribution is 8.00. The predicted molar refractivity (Wildman–Crippen MR) is 73.7 cm³/mol. The van der Waals surface area contributed by atoms with Crippen LogP contribution in [0.3, 0.4) is 0 Å². The maximum atomic E-state index is 11.9. The van der Waals surface area contributed by atoms with Gasteiger partial charge >= 0.3 is 0 Å². The molecule has 1 aromatic rings. The Bertz CT molecular complexity index is 462. The first-order valence-corrected chi connectivity index (χ1v) is 6.96. The van der Waals surface area contributed by atoms with Gasteiger partial charge in [-0.15, -0.1) is 11.8 Å². The Balaban J connectivity index is 1.92. The molecule has 0 bridgehead atoms. The average molecular weight is 264 g/mol. The van der Waals surface area contributed by atoms with Crippen molar-refractivity contribution in [2.75, 3.05) is 17.6 Å². The largest absolute Gasteiger partial charge is 0.354 e. The van der Waals surface area contributed by atoms with Crippen LogP contribution >= 0.6 is 11.8 Å². The van der Waals surface area contributed by atoms with Gasteiger partial charge in [0, 0.05) is 24.4 Å². The number of aryl methyl sites for hydroxylation is 1. The van der Waals surface area contributed by atoms with Gasteiger partial charge in [0.25, 0.3) is 0 Å². The summed E-state index contributed by atoms with van der Waals surface area (Å²) in [5, 5.41) is 5.36. The van der Waals surface area contributed by atoms with Gasteiger partial charge in [-0.3, -0.25) is 9.59 Å². The monoisotopic (exact) mass is 264 g/mol. The number of thioether (sulfide) groups is 1. The number of para-hydroxylation sites is 1. The lowest BCUT2D eigenvalue weighted by Gasteiger charge is -2.21. The molecular weight excluding hydrogens is 248 g/mol. The summed E-state index contributed by atoms with van der Waals surface area (Å²) in [5.74, 6) is 0.721. The topological polar surface area (TPSA) is 58.2 Å². The summed E-state index contributed by atoms with van der Waals surface area (Å²) < 4.78 is 0. The Kier molecular flexibility index (Phi) is 4.25. The van der Waals surface area contributed by atoms with Crippen LogP contribution in [0.2, 0.25) is 0 Å². The van der Waals surface area contributed by atoms with Crippen LogP contribution in [0.25, 0.3) is 0 Å². The molecule has 1 atom stereocenters. The van der Waals surface area contributed by atoms with E-state index in [0.29, 0.717) is 6.54 Å². The van der Waals surface area contributed by atoms with Crippen LogP contribution < -0.4 is 10.6 Å².